The third-order valence-corrected chi connectivity index (χ3v) is 16.0. The molecular formula is C66H40B2N2. The van der Waals surface area contributed by atoms with E-state index in [0.717, 1.165) is 0 Å². The SMILES string of the molecule is c1ccc(-c2ccc3c(c2)-c2cc(-c4ccccc4)cc4c2B3c2ccc(-n3c5ccccc5c5ccccc53)c3c2N4c2cc(-c4ccccc4)cc4c2B3c2ccc(-c3ccccc3)cc2-4)cc1. The molecule has 320 valence electrons. The largest absolute Gasteiger partial charge is 0.312 e. The van der Waals surface area contributed by atoms with Gasteiger partial charge >= 0.3 is 0 Å². The molecule has 4 aliphatic rings. The minimum Gasteiger partial charge on any atom is -0.312 e. The predicted molar refractivity (Wildman–Crippen MR) is 297 cm³/mol. The van der Waals surface area contributed by atoms with Crippen LogP contribution in [0.5, 0.6) is 0 Å². The maximum absolute atomic E-state index is 2.72. The third-order valence-electron chi connectivity index (χ3n) is 16.0. The lowest BCUT2D eigenvalue weighted by Gasteiger charge is -2.44. The number of anilines is 3. The first-order valence-corrected chi connectivity index (χ1v) is 24.6. The monoisotopic (exact) mass is 882 g/mol. The topological polar surface area (TPSA) is 8.17 Å². The third kappa shape index (κ3) is 5.20. The minimum absolute atomic E-state index is 0.0181. The van der Waals surface area contributed by atoms with Crippen LogP contribution in [0.3, 0.4) is 0 Å². The summed E-state index contributed by atoms with van der Waals surface area (Å²) < 4.78 is 2.58. The van der Waals surface area contributed by atoms with Gasteiger partial charge in [0.1, 0.15) is 0 Å². The zero-order chi connectivity index (χ0) is 45.6. The first-order valence-electron chi connectivity index (χ1n) is 24.6. The standard InChI is InChI=1S/C66H40B2N2/c1-5-17-41(18-6-1)45-29-31-55-51(35-45)53-37-47(43-21-9-3-10-22-43)39-61-63(53)67(55)57-33-34-60(69-58-27-15-13-25-49(58)50-26-14-16-28-59(50)69)65-66(57)70(61)62-40-48(44-23-11-4-12-24-44)38-54-52-36-46(42-19-7-2-8-20-42)30-32-56(52)68(65)64(54)62/h1-40H. The van der Waals surface area contributed by atoms with Gasteiger partial charge in [-0.25, -0.2) is 0 Å². The van der Waals surface area contributed by atoms with Gasteiger partial charge in [0, 0.05) is 33.5 Å². The number of hydrogen-bond donors (Lipinski definition) is 0. The van der Waals surface area contributed by atoms with Gasteiger partial charge < -0.3 is 9.47 Å². The van der Waals surface area contributed by atoms with Crippen LogP contribution >= 0.6 is 0 Å². The summed E-state index contributed by atoms with van der Waals surface area (Å²) in [7, 11) is 0. The summed E-state index contributed by atoms with van der Waals surface area (Å²) in [4.78, 5) is 2.72. The van der Waals surface area contributed by atoms with Crippen LogP contribution < -0.4 is 37.7 Å². The van der Waals surface area contributed by atoms with E-state index in [2.05, 4.69) is 252 Å². The zero-order valence-electron chi connectivity index (χ0n) is 38.1. The van der Waals surface area contributed by atoms with E-state index in [1.165, 1.54) is 144 Å². The number of nitrogens with zero attached hydrogens (tertiary/aromatic N) is 2. The van der Waals surface area contributed by atoms with Crippen molar-refractivity contribution in [3.8, 4) is 72.4 Å². The highest BCUT2D eigenvalue weighted by Crippen LogP contribution is 2.49. The normalized spacial score (nSPS) is 13.1. The van der Waals surface area contributed by atoms with E-state index in [1.807, 2.05) is 0 Å². The van der Waals surface area contributed by atoms with Crippen LogP contribution in [-0.2, 0) is 0 Å². The molecule has 4 aliphatic heterocycles. The smallest absolute Gasteiger partial charge is 0.250 e. The maximum Gasteiger partial charge on any atom is 0.250 e. The number of aromatic nitrogens is 1. The van der Waals surface area contributed by atoms with E-state index in [0.29, 0.717) is 0 Å². The van der Waals surface area contributed by atoms with Crippen molar-refractivity contribution in [2.45, 2.75) is 0 Å². The van der Waals surface area contributed by atoms with Crippen molar-refractivity contribution >= 4 is 85.1 Å². The molecule has 0 bridgehead atoms. The molecule has 0 amide bonds. The number of rotatable bonds is 5. The first-order chi connectivity index (χ1) is 34.7. The van der Waals surface area contributed by atoms with E-state index in [1.54, 1.807) is 0 Å². The Morgan fingerprint density at radius 1 is 0.257 bits per heavy atom. The Kier molecular flexibility index (Phi) is 7.81. The Morgan fingerprint density at radius 2 is 0.657 bits per heavy atom. The van der Waals surface area contributed by atoms with Gasteiger partial charge in [-0.3, -0.25) is 0 Å². The highest BCUT2D eigenvalue weighted by atomic mass is 15.2. The summed E-state index contributed by atoms with van der Waals surface area (Å²) >= 11 is 0. The molecule has 0 atom stereocenters. The molecule has 16 rings (SSSR count). The van der Waals surface area contributed by atoms with Crippen molar-refractivity contribution in [3.63, 3.8) is 0 Å². The highest BCUT2D eigenvalue weighted by Gasteiger charge is 2.51. The molecule has 5 heterocycles. The van der Waals surface area contributed by atoms with Gasteiger partial charge in [0.15, 0.2) is 0 Å². The van der Waals surface area contributed by atoms with E-state index in [-0.39, 0.29) is 13.4 Å². The van der Waals surface area contributed by atoms with Crippen molar-refractivity contribution in [2.75, 3.05) is 4.90 Å². The second-order valence-electron chi connectivity index (χ2n) is 19.5. The van der Waals surface area contributed by atoms with E-state index >= 15 is 0 Å². The number of fused-ring (bicyclic) bond motifs is 13. The molecule has 0 unspecified atom stereocenters. The summed E-state index contributed by atoms with van der Waals surface area (Å²) in [5, 5.41) is 2.54. The Morgan fingerprint density at radius 3 is 1.16 bits per heavy atom. The highest BCUT2D eigenvalue weighted by molar-refractivity contribution is 7.05. The zero-order valence-corrected chi connectivity index (χ0v) is 38.1. The van der Waals surface area contributed by atoms with Crippen LogP contribution in [0, 0.1) is 0 Å². The van der Waals surface area contributed by atoms with Crippen molar-refractivity contribution in [2.24, 2.45) is 0 Å². The lowest BCUT2D eigenvalue weighted by atomic mass is 9.32. The molecule has 0 N–H and O–H groups in total. The van der Waals surface area contributed by atoms with Crippen LogP contribution in [-0.4, -0.2) is 18.0 Å². The summed E-state index contributed by atoms with van der Waals surface area (Å²) in [5.41, 5.74) is 30.8. The van der Waals surface area contributed by atoms with E-state index < -0.39 is 0 Å². The second kappa shape index (κ2) is 14.3. The number of hydrogen-bond acceptors (Lipinski definition) is 1. The average Bonchev–Trinajstić information content (AvgIpc) is 4.07. The van der Waals surface area contributed by atoms with Gasteiger partial charge in [-0.2, -0.15) is 0 Å². The van der Waals surface area contributed by atoms with Crippen LogP contribution in [0.2, 0.25) is 0 Å². The summed E-state index contributed by atoms with van der Waals surface area (Å²) in [6.07, 6.45) is 0. The molecule has 1 aromatic heterocycles. The molecule has 0 radical (unpaired) electrons. The molecule has 12 aromatic rings. The average molecular weight is 883 g/mol. The molecule has 0 fully saturated rings. The van der Waals surface area contributed by atoms with Crippen LogP contribution in [0.1, 0.15) is 0 Å². The molecular weight excluding hydrogens is 842 g/mol. The van der Waals surface area contributed by atoms with Crippen LogP contribution in [0.15, 0.2) is 243 Å². The molecule has 2 nitrogen and oxygen atoms in total. The fourth-order valence-corrected chi connectivity index (χ4v) is 13.1. The lowest BCUT2D eigenvalue weighted by Crippen LogP contribution is -2.63. The van der Waals surface area contributed by atoms with Crippen LogP contribution in [0.4, 0.5) is 17.1 Å². The van der Waals surface area contributed by atoms with Crippen LogP contribution in [0.25, 0.3) is 94.3 Å². The quantitative estimate of drug-likeness (QED) is 0.156. The predicted octanol–water partition coefficient (Wildman–Crippen LogP) is 12.5. The van der Waals surface area contributed by atoms with Gasteiger partial charge in [-0.1, -0.05) is 199 Å². The van der Waals surface area contributed by atoms with E-state index in [4.69, 9.17) is 0 Å². The summed E-state index contributed by atoms with van der Waals surface area (Å²) in [6, 6.07) is 91.3. The number of para-hydroxylation sites is 2. The molecule has 0 spiro atoms. The Labute approximate surface area is 407 Å². The Hall–Kier alpha value is -8.85. The van der Waals surface area contributed by atoms with Crippen molar-refractivity contribution in [3.05, 3.63) is 243 Å². The van der Waals surface area contributed by atoms with Gasteiger partial charge in [-0.15, -0.1) is 0 Å². The maximum atomic E-state index is 2.72. The fourth-order valence-electron chi connectivity index (χ4n) is 13.1. The summed E-state index contributed by atoms with van der Waals surface area (Å²) in [5.74, 6) is 0. The fraction of sp³-hybridized carbons (Fsp3) is 0. The van der Waals surface area contributed by atoms with Crippen molar-refractivity contribution in [1.29, 1.82) is 0 Å². The molecule has 0 saturated heterocycles. The van der Waals surface area contributed by atoms with E-state index in [9.17, 15) is 0 Å². The van der Waals surface area contributed by atoms with Gasteiger partial charge in [0.25, 0.3) is 6.71 Å². The van der Waals surface area contributed by atoms with Gasteiger partial charge in [0.05, 0.1) is 11.0 Å². The van der Waals surface area contributed by atoms with Crippen molar-refractivity contribution < 1.29 is 0 Å². The van der Waals surface area contributed by atoms with Gasteiger partial charge in [0.2, 0.25) is 6.71 Å². The van der Waals surface area contributed by atoms with Crippen molar-refractivity contribution in [1.82, 2.24) is 4.57 Å². The lowest BCUT2D eigenvalue weighted by molar-refractivity contribution is 1.18. The molecule has 0 aliphatic carbocycles. The van der Waals surface area contributed by atoms with Gasteiger partial charge in [-0.05, 0) is 143 Å². The second-order valence-corrected chi connectivity index (χ2v) is 19.5. The first kappa shape index (κ1) is 38.2. The molecule has 4 heteroatoms. The molecule has 0 saturated carbocycles. The molecule has 11 aromatic carbocycles. The number of benzene rings is 11. The minimum atomic E-state index is -0.0181. The Bertz CT molecular complexity index is 4070. The summed E-state index contributed by atoms with van der Waals surface area (Å²) in [6.45, 7) is 0.0296. The molecule has 70 heavy (non-hydrogen) atoms. The Balaban J connectivity index is 1.07.